The average Bonchev–Trinajstić information content (AvgIpc) is 2.39. The molecule has 0 amide bonds. The number of hydrogen-bond donors (Lipinski definition) is 1. The van der Waals surface area contributed by atoms with Gasteiger partial charge in [-0.15, -0.1) is 0 Å². The van der Waals surface area contributed by atoms with Crippen LogP contribution < -0.4 is 5.32 Å². The first-order valence-corrected chi connectivity index (χ1v) is 7.11. The Labute approximate surface area is 122 Å². The van der Waals surface area contributed by atoms with Gasteiger partial charge in [-0.2, -0.15) is 0 Å². The molecule has 0 aromatic heterocycles. The molecule has 1 aliphatic rings. The summed E-state index contributed by atoms with van der Waals surface area (Å²) in [6.07, 6.45) is 0. The number of methoxy groups -OCH3 is 1. The Bertz CT molecular complexity index is 226. The summed E-state index contributed by atoms with van der Waals surface area (Å²) in [6.45, 7) is 13.7. The minimum Gasteiger partial charge on any atom is -0.462 e. The van der Waals surface area contributed by atoms with Gasteiger partial charge in [0.2, 0.25) is 0 Å². The second kappa shape index (κ2) is 12.1. The zero-order chi connectivity index (χ0) is 15.3. The van der Waals surface area contributed by atoms with E-state index in [2.05, 4.69) is 15.0 Å². The SMILES string of the molecule is CC(C)(C)OC=O.COCCOCCN1CCNCC1. The molecule has 0 aliphatic carbocycles. The molecule has 1 aliphatic heterocycles. The van der Waals surface area contributed by atoms with Crippen molar-refractivity contribution in [3.8, 4) is 0 Å². The predicted octanol–water partition coefficient (Wildman–Crippen LogP) is 0.513. The number of rotatable bonds is 7. The Kier molecular flexibility index (Phi) is 11.7. The Morgan fingerprint density at radius 1 is 1.15 bits per heavy atom. The van der Waals surface area contributed by atoms with Crippen LogP contribution in [0.15, 0.2) is 0 Å². The number of carbonyl (C=O) groups is 1. The van der Waals surface area contributed by atoms with Crippen LogP contribution >= 0.6 is 0 Å². The van der Waals surface area contributed by atoms with E-state index in [1.807, 2.05) is 20.8 Å². The van der Waals surface area contributed by atoms with Crippen molar-refractivity contribution < 1.29 is 19.0 Å². The standard InChI is InChI=1S/C9H20N2O2.C5H10O2/c1-12-8-9-13-7-6-11-4-2-10-3-5-11;1-5(2,3)7-4-6/h10H,2-9H2,1H3;4H,1-3H3. The van der Waals surface area contributed by atoms with Crippen molar-refractivity contribution in [3.63, 3.8) is 0 Å². The van der Waals surface area contributed by atoms with Gasteiger partial charge in [-0.1, -0.05) is 0 Å². The smallest absolute Gasteiger partial charge is 0.293 e. The molecular weight excluding hydrogens is 260 g/mol. The molecule has 0 unspecified atom stereocenters. The molecule has 0 spiro atoms. The fraction of sp³-hybridized carbons (Fsp3) is 0.929. The van der Waals surface area contributed by atoms with Gasteiger partial charge in [0.15, 0.2) is 0 Å². The summed E-state index contributed by atoms with van der Waals surface area (Å²) in [6, 6.07) is 0. The lowest BCUT2D eigenvalue weighted by atomic mass is 10.2. The molecule has 120 valence electrons. The van der Waals surface area contributed by atoms with Crippen LogP contribution in [0.1, 0.15) is 20.8 Å². The third-order valence-electron chi connectivity index (χ3n) is 2.59. The summed E-state index contributed by atoms with van der Waals surface area (Å²) >= 11 is 0. The number of hydrogen-bond acceptors (Lipinski definition) is 6. The van der Waals surface area contributed by atoms with E-state index in [1.165, 1.54) is 0 Å². The maximum atomic E-state index is 9.60. The van der Waals surface area contributed by atoms with Crippen LogP contribution in [-0.2, 0) is 19.0 Å². The van der Waals surface area contributed by atoms with Gasteiger partial charge in [-0.25, -0.2) is 0 Å². The number of nitrogens with zero attached hydrogens (tertiary/aromatic N) is 1. The van der Waals surface area contributed by atoms with E-state index >= 15 is 0 Å². The van der Waals surface area contributed by atoms with Crippen molar-refractivity contribution >= 4 is 6.47 Å². The fourth-order valence-electron chi connectivity index (χ4n) is 1.52. The van der Waals surface area contributed by atoms with Crippen molar-refractivity contribution in [2.75, 3.05) is 59.7 Å². The number of nitrogens with one attached hydrogen (secondary N) is 1. The van der Waals surface area contributed by atoms with Crippen LogP contribution in [0.5, 0.6) is 0 Å². The van der Waals surface area contributed by atoms with Crippen LogP contribution in [-0.4, -0.2) is 76.6 Å². The quantitative estimate of drug-likeness (QED) is 0.545. The Morgan fingerprint density at radius 3 is 2.25 bits per heavy atom. The largest absolute Gasteiger partial charge is 0.462 e. The minimum atomic E-state index is -0.318. The van der Waals surface area contributed by atoms with E-state index in [4.69, 9.17) is 9.47 Å². The maximum Gasteiger partial charge on any atom is 0.293 e. The molecule has 1 fully saturated rings. The second-order valence-corrected chi connectivity index (χ2v) is 5.52. The maximum absolute atomic E-state index is 9.60. The van der Waals surface area contributed by atoms with Crippen molar-refractivity contribution in [2.24, 2.45) is 0 Å². The zero-order valence-electron chi connectivity index (χ0n) is 13.3. The lowest BCUT2D eigenvalue weighted by Crippen LogP contribution is -2.44. The number of piperazine rings is 1. The van der Waals surface area contributed by atoms with Gasteiger partial charge in [-0.05, 0) is 20.8 Å². The number of ether oxygens (including phenoxy) is 3. The highest BCUT2D eigenvalue weighted by Crippen LogP contribution is 2.02. The highest BCUT2D eigenvalue weighted by Gasteiger charge is 2.08. The summed E-state index contributed by atoms with van der Waals surface area (Å²) < 4.78 is 14.8. The lowest BCUT2D eigenvalue weighted by Gasteiger charge is -2.26. The van der Waals surface area contributed by atoms with Crippen LogP contribution in [0.3, 0.4) is 0 Å². The molecular formula is C14H30N2O4. The molecule has 1 saturated heterocycles. The Morgan fingerprint density at radius 2 is 1.80 bits per heavy atom. The molecule has 0 radical (unpaired) electrons. The van der Waals surface area contributed by atoms with E-state index in [0.717, 1.165) is 39.3 Å². The van der Waals surface area contributed by atoms with Gasteiger partial charge in [0, 0.05) is 39.8 Å². The Hall–Kier alpha value is -0.690. The molecule has 6 heteroatoms. The minimum absolute atomic E-state index is 0.318. The molecule has 1 heterocycles. The van der Waals surface area contributed by atoms with Crippen molar-refractivity contribution in [3.05, 3.63) is 0 Å². The van der Waals surface area contributed by atoms with E-state index in [0.29, 0.717) is 19.7 Å². The summed E-state index contributed by atoms with van der Waals surface area (Å²) in [4.78, 5) is 12.0. The van der Waals surface area contributed by atoms with Gasteiger partial charge in [0.1, 0.15) is 5.60 Å². The van der Waals surface area contributed by atoms with Crippen molar-refractivity contribution in [1.82, 2.24) is 10.2 Å². The monoisotopic (exact) mass is 290 g/mol. The van der Waals surface area contributed by atoms with Crippen LogP contribution in [0.2, 0.25) is 0 Å². The fourth-order valence-corrected chi connectivity index (χ4v) is 1.52. The highest BCUT2D eigenvalue weighted by atomic mass is 16.5. The van der Waals surface area contributed by atoms with Gasteiger partial charge >= 0.3 is 0 Å². The molecule has 1 N–H and O–H groups in total. The van der Waals surface area contributed by atoms with Gasteiger partial charge in [0.05, 0.1) is 19.8 Å². The third kappa shape index (κ3) is 13.7. The van der Waals surface area contributed by atoms with E-state index in [1.54, 1.807) is 7.11 Å². The topological polar surface area (TPSA) is 60.0 Å². The normalized spacial score (nSPS) is 16.2. The molecule has 0 aromatic rings. The summed E-state index contributed by atoms with van der Waals surface area (Å²) in [5, 5.41) is 3.32. The summed E-state index contributed by atoms with van der Waals surface area (Å²) in [7, 11) is 1.69. The molecule has 0 atom stereocenters. The highest BCUT2D eigenvalue weighted by molar-refractivity contribution is 5.37. The van der Waals surface area contributed by atoms with Crippen molar-refractivity contribution in [2.45, 2.75) is 26.4 Å². The average molecular weight is 290 g/mol. The van der Waals surface area contributed by atoms with Gasteiger partial charge < -0.3 is 19.5 Å². The molecule has 0 aromatic carbocycles. The first kappa shape index (κ1) is 19.3. The van der Waals surface area contributed by atoms with Crippen molar-refractivity contribution in [1.29, 1.82) is 0 Å². The van der Waals surface area contributed by atoms with Crippen LogP contribution in [0.4, 0.5) is 0 Å². The third-order valence-corrected chi connectivity index (χ3v) is 2.59. The van der Waals surface area contributed by atoms with E-state index < -0.39 is 0 Å². The molecule has 1 rings (SSSR count). The second-order valence-electron chi connectivity index (χ2n) is 5.52. The summed E-state index contributed by atoms with van der Waals surface area (Å²) in [5.41, 5.74) is -0.318. The van der Waals surface area contributed by atoms with E-state index in [-0.39, 0.29) is 5.60 Å². The molecule has 0 saturated carbocycles. The van der Waals surface area contributed by atoms with Crippen LogP contribution in [0, 0.1) is 0 Å². The molecule has 6 nitrogen and oxygen atoms in total. The van der Waals surface area contributed by atoms with E-state index in [9.17, 15) is 4.79 Å². The summed E-state index contributed by atoms with van der Waals surface area (Å²) in [5.74, 6) is 0. The number of carbonyl (C=O) groups excluding carboxylic acids is 1. The molecule has 0 bridgehead atoms. The Balaban J connectivity index is 0.000000441. The zero-order valence-corrected chi connectivity index (χ0v) is 13.3. The molecule has 20 heavy (non-hydrogen) atoms. The first-order chi connectivity index (χ1) is 9.49. The van der Waals surface area contributed by atoms with Gasteiger partial charge in [0.25, 0.3) is 6.47 Å². The lowest BCUT2D eigenvalue weighted by molar-refractivity contribution is -0.138. The predicted molar refractivity (Wildman–Crippen MR) is 78.9 cm³/mol. The van der Waals surface area contributed by atoms with Crippen LogP contribution in [0.25, 0.3) is 0 Å². The van der Waals surface area contributed by atoms with Gasteiger partial charge in [-0.3, -0.25) is 9.69 Å². The first-order valence-electron chi connectivity index (χ1n) is 7.11.